The van der Waals surface area contributed by atoms with Crippen molar-refractivity contribution in [2.24, 2.45) is 0 Å². The Morgan fingerprint density at radius 3 is 2.10 bits per heavy atom. The first-order valence-corrected chi connectivity index (χ1v) is 11.3. The molecule has 0 heterocycles. The van der Waals surface area contributed by atoms with Crippen molar-refractivity contribution in [3.63, 3.8) is 0 Å². The van der Waals surface area contributed by atoms with Crippen molar-refractivity contribution >= 4 is 27.5 Å². The van der Waals surface area contributed by atoms with Gasteiger partial charge in [0.1, 0.15) is 0 Å². The Kier molecular flexibility index (Phi) is 7.26. The molecule has 0 saturated heterocycles. The first-order valence-electron chi connectivity index (χ1n) is 9.50. The number of benzene rings is 3. The van der Waals surface area contributed by atoms with E-state index in [2.05, 4.69) is 5.32 Å². The summed E-state index contributed by atoms with van der Waals surface area (Å²) in [6, 6.07) is 24.2. The van der Waals surface area contributed by atoms with Gasteiger partial charge < -0.3 is 5.32 Å². The van der Waals surface area contributed by atoms with Crippen molar-refractivity contribution in [2.45, 2.75) is 24.4 Å². The minimum Gasteiger partial charge on any atom is -0.348 e. The Balaban J connectivity index is 1.79. The highest BCUT2D eigenvalue weighted by Gasteiger charge is 2.27. The number of nitrogens with one attached hydrogen (secondary N) is 1. The SMILES string of the molecule is C[C@H](NC(=O)CN(Cc1ccccc1)S(=O)(=O)c1ccccc1)c1ccc(Cl)cc1. The van der Waals surface area contributed by atoms with E-state index in [4.69, 9.17) is 11.6 Å². The van der Waals surface area contributed by atoms with Crippen LogP contribution in [0.1, 0.15) is 24.1 Å². The van der Waals surface area contributed by atoms with Gasteiger partial charge in [0.2, 0.25) is 15.9 Å². The summed E-state index contributed by atoms with van der Waals surface area (Å²) >= 11 is 5.92. The molecule has 0 aromatic heterocycles. The van der Waals surface area contributed by atoms with Crippen molar-refractivity contribution in [3.05, 3.63) is 101 Å². The second-order valence-electron chi connectivity index (χ2n) is 6.91. The molecule has 156 valence electrons. The number of nitrogens with zero attached hydrogens (tertiary/aromatic N) is 1. The number of carbonyl (C=O) groups excluding carboxylic acids is 1. The van der Waals surface area contributed by atoms with Crippen LogP contribution >= 0.6 is 11.6 Å². The predicted molar refractivity (Wildman–Crippen MR) is 118 cm³/mol. The van der Waals surface area contributed by atoms with E-state index in [-0.39, 0.29) is 29.9 Å². The maximum absolute atomic E-state index is 13.2. The van der Waals surface area contributed by atoms with Gasteiger partial charge in [-0.05, 0) is 42.3 Å². The van der Waals surface area contributed by atoms with Crippen molar-refractivity contribution in [1.82, 2.24) is 9.62 Å². The van der Waals surface area contributed by atoms with Crippen molar-refractivity contribution in [3.8, 4) is 0 Å². The number of hydrogen-bond acceptors (Lipinski definition) is 3. The fourth-order valence-corrected chi connectivity index (χ4v) is 4.57. The van der Waals surface area contributed by atoms with Gasteiger partial charge >= 0.3 is 0 Å². The normalized spacial score (nSPS) is 12.5. The van der Waals surface area contributed by atoms with E-state index in [1.807, 2.05) is 49.4 Å². The number of hydrogen-bond donors (Lipinski definition) is 1. The minimum atomic E-state index is -3.85. The van der Waals surface area contributed by atoms with E-state index in [1.54, 1.807) is 30.3 Å². The van der Waals surface area contributed by atoms with Gasteiger partial charge in [0.25, 0.3) is 0 Å². The molecular weight excluding hydrogens is 420 g/mol. The highest BCUT2D eigenvalue weighted by Crippen LogP contribution is 2.19. The fourth-order valence-electron chi connectivity index (χ4n) is 3.04. The lowest BCUT2D eigenvalue weighted by Crippen LogP contribution is -2.41. The van der Waals surface area contributed by atoms with Crippen LogP contribution in [0.15, 0.2) is 89.8 Å². The van der Waals surface area contributed by atoms with Crippen LogP contribution in [-0.4, -0.2) is 25.2 Å². The average molecular weight is 443 g/mol. The van der Waals surface area contributed by atoms with Crippen LogP contribution in [0, 0.1) is 0 Å². The maximum Gasteiger partial charge on any atom is 0.243 e. The first-order chi connectivity index (χ1) is 14.4. The average Bonchev–Trinajstić information content (AvgIpc) is 2.75. The van der Waals surface area contributed by atoms with Crippen LogP contribution in [0.4, 0.5) is 0 Å². The van der Waals surface area contributed by atoms with Crippen LogP contribution in [-0.2, 0) is 21.4 Å². The van der Waals surface area contributed by atoms with Gasteiger partial charge in [-0.2, -0.15) is 4.31 Å². The fraction of sp³-hybridized carbons (Fsp3) is 0.174. The largest absolute Gasteiger partial charge is 0.348 e. The second-order valence-corrected chi connectivity index (χ2v) is 9.29. The Morgan fingerprint density at radius 2 is 1.50 bits per heavy atom. The van der Waals surface area contributed by atoms with Crippen LogP contribution < -0.4 is 5.32 Å². The summed E-state index contributed by atoms with van der Waals surface area (Å²) in [5, 5.41) is 3.48. The van der Waals surface area contributed by atoms with Crippen LogP contribution in [0.2, 0.25) is 5.02 Å². The summed E-state index contributed by atoms with van der Waals surface area (Å²) in [6.07, 6.45) is 0. The summed E-state index contributed by atoms with van der Waals surface area (Å²) in [6.45, 7) is 1.65. The van der Waals surface area contributed by atoms with E-state index in [9.17, 15) is 13.2 Å². The lowest BCUT2D eigenvalue weighted by Gasteiger charge is -2.23. The van der Waals surface area contributed by atoms with Gasteiger partial charge in [0.05, 0.1) is 17.5 Å². The molecule has 5 nitrogen and oxygen atoms in total. The Hall–Kier alpha value is -2.67. The number of rotatable bonds is 8. The molecule has 1 atom stereocenters. The Labute approximate surface area is 182 Å². The molecule has 0 bridgehead atoms. The highest BCUT2D eigenvalue weighted by molar-refractivity contribution is 7.89. The summed E-state index contributed by atoms with van der Waals surface area (Å²) < 4.78 is 27.6. The summed E-state index contributed by atoms with van der Waals surface area (Å²) in [5.41, 5.74) is 1.68. The monoisotopic (exact) mass is 442 g/mol. The van der Waals surface area contributed by atoms with E-state index in [0.29, 0.717) is 5.02 Å². The summed E-state index contributed by atoms with van der Waals surface area (Å²) in [5.74, 6) is -0.382. The molecule has 3 aromatic carbocycles. The molecule has 0 fully saturated rings. The lowest BCUT2D eigenvalue weighted by molar-refractivity contribution is -0.122. The van der Waals surface area contributed by atoms with E-state index in [1.165, 1.54) is 16.4 Å². The van der Waals surface area contributed by atoms with Crippen molar-refractivity contribution in [2.75, 3.05) is 6.54 Å². The molecule has 1 N–H and O–H groups in total. The molecule has 3 rings (SSSR count). The standard InChI is InChI=1S/C23H23ClN2O3S/c1-18(20-12-14-21(24)15-13-20)25-23(27)17-26(16-19-8-4-2-5-9-19)30(28,29)22-10-6-3-7-11-22/h2-15,18H,16-17H2,1H3,(H,25,27)/t18-/m0/s1. The number of sulfonamides is 1. The van der Waals surface area contributed by atoms with Crippen LogP contribution in [0.3, 0.4) is 0 Å². The van der Waals surface area contributed by atoms with Crippen molar-refractivity contribution < 1.29 is 13.2 Å². The molecule has 0 aliphatic rings. The van der Waals surface area contributed by atoms with Gasteiger partial charge in [-0.15, -0.1) is 0 Å². The number of halogens is 1. The van der Waals surface area contributed by atoms with Crippen LogP contribution in [0.25, 0.3) is 0 Å². The quantitative estimate of drug-likeness (QED) is 0.562. The zero-order valence-electron chi connectivity index (χ0n) is 16.5. The van der Waals surface area contributed by atoms with E-state index >= 15 is 0 Å². The third-order valence-corrected chi connectivity index (χ3v) is 6.71. The number of carbonyl (C=O) groups is 1. The number of amides is 1. The predicted octanol–water partition coefficient (Wildman–Crippen LogP) is 4.41. The molecule has 0 aliphatic carbocycles. The molecule has 0 saturated carbocycles. The smallest absolute Gasteiger partial charge is 0.243 e. The lowest BCUT2D eigenvalue weighted by atomic mass is 10.1. The third kappa shape index (κ3) is 5.69. The molecule has 7 heteroatoms. The van der Waals surface area contributed by atoms with Gasteiger partial charge in [-0.1, -0.05) is 72.3 Å². The van der Waals surface area contributed by atoms with E-state index < -0.39 is 10.0 Å². The third-order valence-electron chi connectivity index (χ3n) is 4.65. The van der Waals surface area contributed by atoms with Gasteiger partial charge in [0.15, 0.2) is 0 Å². The Morgan fingerprint density at radius 1 is 0.933 bits per heavy atom. The zero-order chi connectivity index (χ0) is 21.6. The summed E-state index contributed by atoms with van der Waals surface area (Å²) in [7, 11) is -3.85. The zero-order valence-corrected chi connectivity index (χ0v) is 18.1. The molecule has 3 aromatic rings. The maximum atomic E-state index is 13.2. The van der Waals surface area contributed by atoms with Gasteiger partial charge in [0, 0.05) is 11.6 Å². The molecule has 0 spiro atoms. The van der Waals surface area contributed by atoms with Crippen molar-refractivity contribution in [1.29, 1.82) is 0 Å². The van der Waals surface area contributed by atoms with Gasteiger partial charge in [-0.25, -0.2) is 8.42 Å². The molecule has 1 amide bonds. The summed E-state index contributed by atoms with van der Waals surface area (Å²) in [4.78, 5) is 12.9. The minimum absolute atomic E-state index is 0.0980. The molecule has 30 heavy (non-hydrogen) atoms. The molecule has 0 unspecified atom stereocenters. The van der Waals surface area contributed by atoms with Gasteiger partial charge in [-0.3, -0.25) is 4.79 Å². The highest BCUT2D eigenvalue weighted by atomic mass is 35.5. The molecule has 0 radical (unpaired) electrons. The Bertz CT molecular complexity index is 1070. The molecular formula is C23H23ClN2O3S. The molecule has 0 aliphatic heterocycles. The topological polar surface area (TPSA) is 66.5 Å². The first kappa shape index (κ1) is 22.0. The van der Waals surface area contributed by atoms with Crippen LogP contribution in [0.5, 0.6) is 0 Å². The second kappa shape index (κ2) is 9.89. The van der Waals surface area contributed by atoms with E-state index in [0.717, 1.165) is 11.1 Å².